The molecular formula is C18H21N3O5S. The number of esters is 1. The molecule has 2 aromatic rings. The number of aryl methyl sites for hydroxylation is 1. The van der Waals surface area contributed by atoms with E-state index in [9.17, 15) is 14.4 Å². The number of hydrogen-bond acceptors (Lipinski definition) is 7. The van der Waals surface area contributed by atoms with Gasteiger partial charge in [-0.3, -0.25) is 10.1 Å². The lowest BCUT2D eigenvalue weighted by Gasteiger charge is -2.09. The van der Waals surface area contributed by atoms with Crippen LogP contribution in [0.25, 0.3) is 0 Å². The topological polar surface area (TPSA) is 107 Å². The number of ether oxygens (including phenoxy) is 2. The minimum absolute atomic E-state index is 0.111. The van der Waals surface area contributed by atoms with Gasteiger partial charge in [-0.1, -0.05) is 0 Å². The fraction of sp³-hybridized carbons (Fsp3) is 0.333. The van der Waals surface area contributed by atoms with E-state index in [0.29, 0.717) is 12.4 Å². The van der Waals surface area contributed by atoms with E-state index in [1.807, 2.05) is 12.3 Å². The van der Waals surface area contributed by atoms with Gasteiger partial charge in [-0.25, -0.2) is 14.6 Å². The lowest BCUT2D eigenvalue weighted by molar-refractivity contribution is -0.123. The van der Waals surface area contributed by atoms with Crippen molar-refractivity contribution < 1.29 is 23.9 Å². The van der Waals surface area contributed by atoms with Gasteiger partial charge in [-0.05, 0) is 45.0 Å². The van der Waals surface area contributed by atoms with Gasteiger partial charge in [0.15, 0.2) is 6.61 Å². The maximum Gasteiger partial charge on any atom is 0.338 e. The van der Waals surface area contributed by atoms with Crippen LogP contribution in [0.5, 0.6) is 5.75 Å². The van der Waals surface area contributed by atoms with Crippen molar-refractivity contribution in [1.29, 1.82) is 0 Å². The van der Waals surface area contributed by atoms with Gasteiger partial charge in [-0.15, -0.1) is 11.3 Å². The van der Waals surface area contributed by atoms with E-state index in [2.05, 4.69) is 15.6 Å². The molecule has 0 atom stereocenters. The molecule has 9 heteroatoms. The second kappa shape index (κ2) is 9.67. The Morgan fingerprint density at radius 2 is 1.89 bits per heavy atom. The minimum Gasteiger partial charge on any atom is -0.487 e. The Morgan fingerprint density at radius 3 is 2.48 bits per heavy atom. The highest BCUT2D eigenvalue weighted by molar-refractivity contribution is 7.09. The molecule has 2 rings (SSSR count). The number of carbonyl (C=O) groups is 3. The van der Waals surface area contributed by atoms with Gasteiger partial charge in [-0.2, -0.15) is 0 Å². The predicted molar refractivity (Wildman–Crippen MR) is 99.7 cm³/mol. The standard InChI is InChI=1S/C18H21N3O5S/c1-11(2)19-18(24)21-16(22)9-26-17(23)13-4-6-15(7-5-13)25-8-14-10-27-12(3)20-14/h4-7,10-11H,8-9H2,1-3H3,(H2,19,21,22,24). The summed E-state index contributed by atoms with van der Waals surface area (Å²) in [5.41, 5.74) is 1.11. The summed E-state index contributed by atoms with van der Waals surface area (Å²) in [6.45, 7) is 5.23. The zero-order valence-electron chi connectivity index (χ0n) is 15.3. The summed E-state index contributed by atoms with van der Waals surface area (Å²) >= 11 is 1.55. The van der Waals surface area contributed by atoms with Crippen molar-refractivity contribution in [2.45, 2.75) is 33.4 Å². The maximum absolute atomic E-state index is 12.0. The van der Waals surface area contributed by atoms with Crippen LogP contribution in [0.1, 0.15) is 34.9 Å². The van der Waals surface area contributed by atoms with Gasteiger partial charge in [0.05, 0.1) is 16.3 Å². The smallest absolute Gasteiger partial charge is 0.338 e. The van der Waals surface area contributed by atoms with Crippen LogP contribution in [-0.4, -0.2) is 35.5 Å². The average Bonchev–Trinajstić information content (AvgIpc) is 3.03. The van der Waals surface area contributed by atoms with Crippen LogP contribution >= 0.6 is 11.3 Å². The molecule has 0 aliphatic carbocycles. The van der Waals surface area contributed by atoms with E-state index < -0.39 is 24.5 Å². The first-order valence-corrected chi connectivity index (χ1v) is 9.13. The van der Waals surface area contributed by atoms with Crippen molar-refractivity contribution in [3.05, 3.63) is 45.9 Å². The zero-order chi connectivity index (χ0) is 19.8. The molecular weight excluding hydrogens is 370 g/mol. The molecule has 0 aliphatic heterocycles. The second-order valence-corrected chi connectivity index (χ2v) is 6.99. The van der Waals surface area contributed by atoms with Gasteiger partial charge >= 0.3 is 12.0 Å². The van der Waals surface area contributed by atoms with Crippen LogP contribution in [0.3, 0.4) is 0 Å². The van der Waals surface area contributed by atoms with E-state index in [4.69, 9.17) is 9.47 Å². The number of carbonyl (C=O) groups excluding carboxylic acids is 3. The molecule has 1 heterocycles. The molecule has 0 saturated heterocycles. The van der Waals surface area contributed by atoms with Gasteiger partial charge < -0.3 is 14.8 Å². The van der Waals surface area contributed by atoms with Crippen LogP contribution in [0.15, 0.2) is 29.6 Å². The Hall–Kier alpha value is -2.94. The van der Waals surface area contributed by atoms with Crippen molar-refractivity contribution >= 4 is 29.2 Å². The Morgan fingerprint density at radius 1 is 1.19 bits per heavy atom. The Bertz CT molecular complexity index is 802. The number of urea groups is 1. The molecule has 0 radical (unpaired) electrons. The molecule has 8 nitrogen and oxygen atoms in total. The monoisotopic (exact) mass is 391 g/mol. The van der Waals surface area contributed by atoms with E-state index in [0.717, 1.165) is 10.7 Å². The number of imide groups is 1. The molecule has 1 aromatic carbocycles. The molecule has 0 unspecified atom stereocenters. The number of rotatable bonds is 7. The lowest BCUT2D eigenvalue weighted by atomic mass is 10.2. The first-order valence-electron chi connectivity index (χ1n) is 8.25. The summed E-state index contributed by atoms with van der Waals surface area (Å²) < 4.78 is 10.5. The van der Waals surface area contributed by atoms with Crippen molar-refractivity contribution in [3.63, 3.8) is 0 Å². The zero-order valence-corrected chi connectivity index (χ0v) is 16.1. The quantitative estimate of drug-likeness (QED) is 0.702. The first kappa shape index (κ1) is 20.4. The third-order valence-corrected chi connectivity index (χ3v) is 3.97. The molecule has 3 amide bonds. The highest BCUT2D eigenvalue weighted by atomic mass is 32.1. The summed E-state index contributed by atoms with van der Waals surface area (Å²) in [5, 5.41) is 7.46. The summed E-state index contributed by atoms with van der Waals surface area (Å²) in [7, 11) is 0. The molecule has 144 valence electrons. The van der Waals surface area contributed by atoms with Gasteiger partial charge in [0, 0.05) is 11.4 Å². The van der Waals surface area contributed by atoms with Crippen LogP contribution in [0.4, 0.5) is 4.79 Å². The molecule has 0 spiro atoms. The van der Waals surface area contributed by atoms with Crippen LogP contribution in [-0.2, 0) is 16.1 Å². The number of nitrogens with zero attached hydrogens (tertiary/aromatic N) is 1. The highest BCUT2D eigenvalue weighted by Crippen LogP contribution is 2.16. The van der Waals surface area contributed by atoms with Crippen LogP contribution < -0.4 is 15.4 Å². The summed E-state index contributed by atoms with van der Waals surface area (Å²) in [4.78, 5) is 39.2. The van der Waals surface area contributed by atoms with Crippen molar-refractivity contribution in [3.8, 4) is 5.75 Å². The molecule has 0 fully saturated rings. The van der Waals surface area contributed by atoms with Gasteiger partial charge in [0.1, 0.15) is 12.4 Å². The van der Waals surface area contributed by atoms with E-state index in [1.165, 1.54) is 12.1 Å². The average molecular weight is 391 g/mol. The van der Waals surface area contributed by atoms with Gasteiger partial charge in [0.2, 0.25) is 0 Å². The van der Waals surface area contributed by atoms with Crippen molar-refractivity contribution in [2.75, 3.05) is 6.61 Å². The third-order valence-electron chi connectivity index (χ3n) is 3.15. The minimum atomic E-state index is -0.708. The molecule has 27 heavy (non-hydrogen) atoms. The molecule has 2 N–H and O–H groups in total. The largest absolute Gasteiger partial charge is 0.487 e. The summed E-state index contributed by atoms with van der Waals surface area (Å²) in [6.07, 6.45) is 0. The lowest BCUT2D eigenvalue weighted by Crippen LogP contribution is -2.44. The fourth-order valence-corrected chi connectivity index (χ4v) is 2.59. The number of amides is 3. The maximum atomic E-state index is 12.0. The second-order valence-electron chi connectivity index (χ2n) is 5.92. The Kier molecular flexibility index (Phi) is 7.30. The molecule has 0 saturated carbocycles. The van der Waals surface area contributed by atoms with E-state index in [1.54, 1.807) is 37.3 Å². The molecule has 0 bridgehead atoms. The number of thiazole rings is 1. The predicted octanol–water partition coefficient (Wildman–Crippen LogP) is 2.42. The SMILES string of the molecule is Cc1nc(COc2ccc(C(=O)OCC(=O)NC(=O)NC(C)C)cc2)cs1. The number of benzene rings is 1. The summed E-state index contributed by atoms with van der Waals surface area (Å²) in [5.74, 6) is -0.795. The van der Waals surface area contributed by atoms with E-state index >= 15 is 0 Å². The van der Waals surface area contributed by atoms with Crippen LogP contribution in [0, 0.1) is 6.92 Å². The number of nitrogens with one attached hydrogen (secondary N) is 2. The molecule has 0 aliphatic rings. The summed E-state index contributed by atoms with van der Waals surface area (Å²) in [6, 6.07) is 5.59. The normalized spacial score (nSPS) is 10.4. The third kappa shape index (κ3) is 7.06. The Labute approximate surface area is 160 Å². The Balaban J connectivity index is 1.77. The van der Waals surface area contributed by atoms with E-state index in [-0.39, 0.29) is 11.6 Å². The molecule has 1 aromatic heterocycles. The van der Waals surface area contributed by atoms with Gasteiger partial charge in [0.25, 0.3) is 5.91 Å². The van der Waals surface area contributed by atoms with Crippen molar-refractivity contribution in [2.24, 2.45) is 0 Å². The van der Waals surface area contributed by atoms with Crippen LogP contribution in [0.2, 0.25) is 0 Å². The first-order chi connectivity index (χ1) is 12.8. The highest BCUT2D eigenvalue weighted by Gasteiger charge is 2.13. The fourth-order valence-electron chi connectivity index (χ4n) is 1.99. The number of hydrogen-bond donors (Lipinski definition) is 2. The van der Waals surface area contributed by atoms with Crippen molar-refractivity contribution in [1.82, 2.24) is 15.6 Å². The number of aromatic nitrogens is 1.